The lowest BCUT2D eigenvalue weighted by atomic mass is 9.96. The van der Waals surface area contributed by atoms with Crippen LogP contribution in [0.1, 0.15) is 16.6 Å². The smallest absolute Gasteiger partial charge is 0.171 e. The molecule has 7 nitrogen and oxygen atoms in total. The highest BCUT2D eigenvalue weighted by Crippen LogP contribution is 2.29. The van der Waals surface area contributed by atoms with Crippen LogP contribution in [0.3, 0.4) is 0 Å². The Hall–Kier alpha value is -0.550. The summed E-state index contributed by atoms with van der Waals surface area (Å²) in [4.78, 5) is 15.8. The third kappa shape index (κ3) is 3.81. The molecule has 0 bridgehead atoms. The van der Waals surface area contributed by atoms with Crippen LogP contribution in [0.25, 0.3) is 0 Å². The highest BCUT2D eigenvalue weighted by atomic mass is 32.2. The van der Waals surface area contributed by atoms with Gasteiger partial charge >= 0.3 is 0 Å². The Balaban J connectivity index is 1.96. The van der Waals surface area contributed by atoms with Gasteiger partial charge in [-0.2, -0.15) is 0 Å². The maximum Gasteiger partial charge on any atom is 0.171 e. The Morgan fingerprint density at radius 2 is 2.00 bits per heavy atom. The van der Waals surface area contributed by atoms with E-state index in [0.29, 0.717) is 9.22 Å². The highest BCUT2D eigenvalue weighted by Gasteiger charge is 2.43. The van der Waals surface area contributed by atoms with Crippen LogP contribution in [-0.2, 0) is 4.74 Å². The number of thiazole rings is 1. The highest BCUT2D eigenvalue weighted by molar-refractivity contribution is 8.01. The zero-order valence-corrected chi connectivity index (χ0v) is 12.9. The lowest BCUT2D eigenvalue weighted by Crippen LogP contribution is -2.59. The van der Waals surface area contributed by atoms with E-state index in [4.69, 9.17) is 9.84 Å². The molecular weight excluding hydrogens is 318 g/mol. The second kappa shape index (κ2) is 7.14. The number of nitrogens with zero attached hydrogens (tertiary/aromatic N) is 1. The monoisotopic (exact) mass is 335 g/mol. The Kier molecular flexibility index (Phi) is 5.72. The first-order valence-corrected chi connectivity index (χ1v) is 8.14. The molecule has 2 rings (SSSR count). The van der Waals surface area contributed by atoms with Gasteiger partial charge in [0.25, 0.3) is 0 Å². The normalized spacial score (nSPS) is 33.1. The Bertz CT molecular complexity index is 494. The molecule has 0 spiro atoms. The van der Waals surface area contributed by atoms with Crippen LogP contribution in [0, 0.1) is 0 Å². The molecule has 0 amide bonds. The number of aliphatic hydroxyl groups excluding tert-OH is 4. The summed E-state index contributed by atoms with van der Waals surface area (Å²) in [6.07, 6.45) is -4.13. The number of ketones is 1. The predicted molar refractivity (Wildman–Crippen MR) is 76.6 cm³/mol. The van der Waals surface area contributed by atoms with Gasteiger partial charge in [-0.3, -0.25) is 4.79 Å². The summed E-state index contributed by atoms with van der Waals surface area (Å²) in [5.74, 6) is 0.221. The van der Waals surface area contributed by atoms with Gasteiger partial charge in [-0.05, 0) is 0 Å². The van der Waals surface area contributed by atoms with Crippen molar-refractivity contribution in [1.82, 2.24) is 4.98 Å². The molecule has 2 heterocycles. The van der Waals surface area contributed by atoms with Crippen molar-refractivity contribution in [3.63, 3.8) is 0 Å². The number of hydrogen-bond donors (Lipinski definition) is 4. The van der Waals surface area contributed by atoms with E-state index < -0.39 is 37.1 Å². The van der Waals surface area contributed by atoms with E-state index in [1.54, 1.807) is 0 Å². The van der Waals surface area contributed by atoms with Crippen LogP contribution in [0.5, 0.6) is 0 Å². The summed E-state index contributed by atoms with van der Waals surface area (Å²) in [5.41, 5.74) is 0. The summed E-state index contributed by atoms with van der Waals surface area (Å²) in [7, 11) is 0. The van der Waals surface area contributed by atoms with E-state index in [0.717, 1.165) is 0 Å². The first-order chi connectivity index (χ1) is 9.93. The number of ether oxygens (including phenoxy) is 1. The van der Waals surface area contributed by atoms with Crippen molar-refractivity contribution in [3.8, 4) is 0 Å². The fraction of sp³-hybridized carbons (Fsp3) is 0.667. The molecule has 9 heteroatoms. The standard InChI is InChI=1S/C12H17NO6S2/c1-5(15)8-2-13-12(21-8)20-4-7-10(17)11(18)9(16)6(3-14)19-7/h2,6-7,9-11,14,16-18H,3-4H2,1H3/t6-,7-,9-,10-,11+/m1/s1. The fourth-order valence-electron chi connectivity index (χ4n) is 1.96. The summed E-state index contributed by atoms with van der Waals surface area (Å²) >= 11 is 2.52. The third-order valence-electron chi connectivity index (χ3n) is 3.19. The summed E-state index contributed by atoms with van der Waals surface area (Å²) < 4.78 is 6.04. The van der Waals surface area contributed by atoms with Crippen molar-refractivity contribution in [2.75, 3.05) is 12.4 Å². The number of carbonyl (C=O) groups is 1. The maximum atomic E-state index is 11.2. The zero-order chi connectivity index (χ0) is 15.6. The molecule has 1 aromatic heterocycles. The number of rotatable bonds is 5. The van der Waals surface area contributed by atoms with E-state index >= 15 is 0 Å². The molecular formula is C12H17NO6S2. The van der Waals surface area contributed by atoms with Crippen molar-refractivity contribution < 1.29 is 30.0 Å². The molecule has 1 saturated heterocycles. The number of Topliss-reactive ketones (excluding diaryl/α,β-unsaturated/α-hetero) is 1. The second-order valence-corrected chi connectivity index (χ2v) is 7.02. The van der Waals surface area contributed by atoms with Gasteiger partial charge in [0.2, 0.25) is 0 Å². The van der Waals surface area contributed by atoms with Crippen LogP contribution in [-0.4, -0.2) is 74.1 Å². The Morgan fingerprint density at radius 3 is 2.57 bits per heavy atom. The van der Waals surface area contributed by atoms with Gasteiger partial charge in [-0.1, -0.05) is 11.8 Å². The van der Waals surface area contributed by atoms with E-state index in [1.807, 2.05) is 0 Å². The molecule has 118 valence electrons. The zero-order valence-electron chi connectivity index (χ0n) is 11.2. The largest absolute Gasteiger partial charge is 0.394 e. The molecule has 0 aromatic carbocycles. The predicted octanol–water partition coefficient (Wildman–Crippen LogP) is -0.720. The van der Waals surface area contributed by atoms with E-state index in [9.17, 15) is 20.1 Å². The summed E-state index contributed by atoms with van der Waals surface area (Å²) in [5, 5.41) is 38.4. The van der Waals surface area contributed by atoms with Gasteiger partial charge in [-0.25, -0.2) is 4.98 Å². The number of carbonyl (C=O) groups excluding carboxylic acids is 1. The molecule has 1 aliphatic heterocycles. The van der Waals surface area contributed by atoms with Crippen LogP contribution < -0.4 is 0 Å². The van der Waals surface area contributed by atoms with Gasteiger partial charge in [0.1, 0.15) is 24.4 Å². The molecule has 5 atom stereocenters. The number of hydrogen-bond acceptors (Lipinski definition) is 9. The molecule has 1 aliphatic rings. The van der Waals surface area contributed by atoms with Crippen molar-refractivity contribution in [3.05, 3.63) is 11.1 Å². The van der Waals surface area contributed by atoms with Crippen LogP contribution >= 0.6 is 23.1 Å². The second-order valence-electron chi connectivity index (χ2n) is 4.72. The first kappa shape index (κ1) is 16.8. The van der Waals surface area contributed by atoms with Gasteiger partial charge in [0, 0.05) is 12.7 Å². The molecule has 1 aromatic rings. The van der Waals surface area contributed by atoms with Crippen LogP contribution in [0.15, 0.2) is 10.5 Å². The van der Waals surface area contributed by atoms with Crippen LogP contribution in [0.4, 0.5) is 0 Å². The van der Waals surface area contributed by atoms with Crippen LogP contribution in [0.2, 0.25) is 0 Å². The average Bonchev–Trinajstić information content (AvgIpc) is 2.93. The minimum absolute atomic E-state index is 0.0628. The van der Waals surface area contributed by atoms with Gasteiger partial charge in [-0.15, -0.1) is 11.3 Å². The van der Waals surface area contributed by atoms with Crippen molar-refractivity contribution in [1.29, 1.82) is 0 Å². The quantitative estimate of drug-likeness (QED) is 0.411. The Labute approximate surface area is 129 Å². The van der Waals surface area contributed by atoms with Gasteiger partial charge < -0.3 is 25.2 Å². The summed E-state index contributed by atoms with van der Waals surface area (Å²) in [6, 6.07) is 0. The fourth-order valence-corrected chi connectivity index (χ4v) is 3.92. The molecule has 1 fully saturated rings. The minimum Gasteiger partial charge on any atom is -0.394 e. The topological polar surface area (TPSA) is 120 Å². The average molecular weight is 335 g/mol. The SMILES string of the molecule is CC(=O)c1cnc(SC[C@H]2O[C@H](CO)[C@@H](O)[C@H](O)[C@@H]2O)s1. The molecule has 0 radical (unpaired) electrons. The Morgan fingerprint density at radius 1 is 1.33 bits per heavy atom. The minimum atomic E-state index is -1.37. The first-order valence-electron chi connectivity index (χ1n) is 6.34. The molecule has 0 unspecified atom stereocenters. The molecule has 0 saturated carbocycles. The molecule has 4 N–H and O–H groups in total. The van der Waals surface area contributed by atoms with Gasteiger partial charge in [0.15, 0.2) is 10.1 Å². The number of aromatic nitrogens is 1. The van der Waals surface area contributed by atoms with Crippen molar-refractivity contribution in [2.45, 2.75) is 41.8 Å². The van der Waals surface area contributed by atoms with E-state index in [1.165, 1.54) is 36.2 Å². The lowest BCUT2D eigenvalue weighted by Gasteiger charge is -2.39. The van der Waals surface area contributed by atoms with Gasteiger partial charge in [0.05, 0.1) is 23.8 Å². The maximum absolute atomic E-state index is 11.2. The van der Waals surface area contributed by atoms with Crippen molar-refractivity contribution >= 4 is 28.9 Å². The molecule has 21 heavy (non-hydrogen) atoms. The summed E-state index contributed by atoms with van der Waals surface area (Å²) in [6.45, 7) is 1.01. The number of thioether (sulfide) groups is 1. The lowest BCUT2D eigenvalue weighted by molar-refractivity contribution is -0.222. The van der Waals surface area contributed by atoms with E-state index in [2.05, 4.69) is 4.98 Å². The number of aliphatic hydroxyl groups is 4. The van der Waals surface area contributed by atoms with E-state index in [-0.39, 0.29) is 11.5 Å². The molecule has 0 aliphatic carbocycles. The third-order valence-corrected chi connectivity index (χ3v) is 5.54. The van der Waals surface area contributed by atoms with Crippen molar-refractivity contribution in [2.24, 2.45) is 0 Å².